The van der Waals surface area contributed by atoms with Gasteiger partial charge in [-0.15, -0.1) is 0 Å². The molecule has 0 aromatic heterocycles. The molecule has 0 atom stereocenters. The molecule has 2 rings (SSSR count). The molecule has 0 radical (unpaired) electrons. The number of ketones is 1. The van der Waals surface area contributed by atoms with Crippen LogP contribution in [-0.2, 0) is 11.0 Å². The third-order valence-electron chi connectivity index (χ3n) is 3.95. The first-order valence-corrected chi connectivity index (χ1v) is 6.74. The lowest BCUT2D eigenvalue weighted by molar-refractivity contribution is -0.143. The van der Waals surface area contributed by atoms with Crippen LogP contribution in [0, 0.1) is 11.8 Å². The normalized spacial score (nSPS) is 22.8. The Morgan fingerprint density at radius 3 is 2.05 bits per heavy atom. The number of hydrogen-bond acceptors (Lipinski definition) is 2. The summed E-state index contributed by atoms with van der Waals surface area (Å²) in [4.78, 5) is 23.1. The van der Waals surface area contributed by atoms with Crippen molar-refractivity contribution in [2.75, 3.05) is 0 Å². The second-order valence-electron chi connectivity index (χ2n) is 5.29. The number of Topliss-reactive ketones (excluding diaryl/α,β-unsaturated/α-hetero) is 1. The number of alkyl halides is 3. The van der Waals surface area contributed by atoms with Gasteiger partial charge in [-0.1, -0.05) is 18.2 Å². The van der Waals surface area contributed by atoms with Crippen molar-refractivity contribution in [1.82, 2.24) is 0 Å². The Kier molecular flexibility index (Phi) is 4.34. The molecule has 1 saturated carbocycles. The van der Waals surface area contributed by atoms with Crippen molar-refractivity contribution in [2.24, 2.45) is 11.8 Å². The van der Waals surface area contributed by atoms with Crippen molar-refractivity contribution in [3.63, 3.8) is 0 Å². The van der Waals surface area contributed by atoms with Gasteiger partial charge in [0.05, 0.1) is 11.5 Å². The highest BCUT2D eigenvalue weighted by atomic mass is 19.4. The van der Waals surface area contributed by atoms with Gasteiger partial charge in [-0.25, -0.2) is 0 Å². The third-order valence-corrected chi connectivity index (χ3v) is 3.95. The number of benzene rings is 1. The summed E-state index contributed by atoms with van der Waals surface area (Å²) >= 11 is 0. The largest absolute Gasteiger partial charge is 0.481 e. The van der Waals surface area contributed by atoms with E-state index in [0.717, 1.165) is 6.07 Å². The van der Waals surface area contributed by atoms with E-state index in [1.54, 1.807) is 0 Å². The maximum atomic E-state index is 12.9. The minimum absolute atomic E-state index is 0.316. The Morgan fingerprint density at radius 1 is 1.00 bits per heavy atom. The summed E-state index contributed by atoms with van der Waals surface area (Å²) in [6, 6.07) is 4.75. The van der Waals surface area contributed by atoms with Crippen LogP contribution in [0.25, 0.3) is 0 Å². The number of hydrogen-bond donors (Lipinski definition) is 1. The van der Waals surface area contributed by atoms with Crippen molar-refractivity contribution in [2.45, 2.75) is 31.9 Å². The number of rotatable bonds is 3. The molecule has 1 aliphatic carbocycles. The molecule has 1 aliphatic rings. The molecule has 6 heteroatoms. The maximum absolute atomic E-state index is 12.9. The standard InChI is InChI=1S/C15H15F3O3/c16-15(17,18)12-4-2-1-3-11(12)13(19)9-5-7-10(8-6-9)14(20)21/h1-4,9-10H,5-8H2,(H,20,21). The van der Waals surface area contributed by atoms with E-state index >= 15 is 0 Å². The van der Waals surface area contributed by atoms with Gasteiger partial charge in [-0.05, 0) is 31.7 Å². The van der Waals surface area contributed by atoms with E-state index in [1.165, 1.54) is 18.2 Å². The molecule has 0 spiro atoms. The molecule has 1 aromatic rings. The first-order valence-electron chi connectivity index (χ1n) is 6.74. The van der Waals surface area contributed by atoms with Gasteiger partial charge in [-0.2, -0.15) is 13.2 Å². The Labute approximate surface area is 119 Å². The van der Waals surface area contributed by atoms with E-state index < -0.39 is 35.3 Å². The van der Waals surface area contributed by atoms with Crippen LogP contribution in [0.4, 0.5) is 13.2 Å². The second kappa shape index (κ2) is 5.87. The summed E-state index contributed by atoms with van der Waals surface area (Å²) in [5.41, 5.74) is -1.24. The van der Waals surface area contributed by atoms with Crippen LogP contribution in [-0.4, -0.2) is 16.9 Å². The van der Waals surface area contributed by atoms with Gasteiger partial charge in [-0.3, -0.25) is 9.59 Å². The Hall–Kier alpha value is -1.85. The van der Waals surface area contributed by atoms with Crippen molar-refractivity contribution in [3.8, 4) is 0 Å². The van der Waals surface area contributed by atoms with Crippen LogP contribution < -0.4 is 0 Å². The average Bonchev–Trinajstić information content (AvgIpc) is 2.45. The van der Waals surface area contributed by atoms with Crippen LogP contribution in [0.3, 0.4) is 0 Å². The van der Waals surface area contributed by atoms with Gasteiger partial charge >= 0.3 is 12.1 Å². The number of halogens is 3. The SMILES string of the molecule is O=C(O)C1CCC(C(=O)c2ccccc2C(F)(F)F)CC1. The molecule has 1 N–H and O–H groups in total. The molecule has 1 fully saturated rings. The molecule has 0 aliphatic heterocycles. The highest BCUT2D eigenvalue weighted by Crippen LogP contribution is 2.36. The van der Waals surface area contributed by atoms with Crippen molar-refractivity contribution in [3.05, 3.63) is 35.4 Å². The van der Waals surface area contributed by atoms with Gasteiger partial charge in [0.2, 0.25) is 0 Å². The predicted octanol–water partition coefficient (Wildman–Crippen LogP) is 3.78. The fraction of sp³-hybridized carbons (Fsp3) is 0.467. The zero-order chi connectivity index (χ0) is 15.6. The first-order chi connectivity index (χ1) is 9.80. The van der Waals surface area contributed by atoms with E-state index in [-0.39, 0.29) is 5.56 Å². The summed E-state index contributed by atoms with van der Waals surface area (Å²) in [7, 11) is 0. The number of carbonyl (C=O) groups excluding carboxylic acids is 1. The maximum Gasteiger partial charge on any atom is 0.417 e. The van der Waals surface area contributed by atoms with Gasteiger partial charge in [0.25, 0.3) is 0 Å². The molecule has 0 unspecified atom stereocenters. The summed E-state index contributed by atoms with van der Waals surface area (Å²) in [5.74, 6) is -2.46. The van der Waals surface area contributed by atoms with Gasteiger partial charge in [0, 0.05) is 11.5 Å². The van der Waals surface area contributed by atoms with E-state index in [4.69, 9.17) is 5.11 Å². The number of carboxylic acid groups (broad SMARTS) is 1. The van der Waals surface area contributed by atoms with Crippen molar-refractivity contribution < 1.29 is 27.9 Å². The summed E-state index contributed by atoms with van der Waals surface area (Å²) < 4.78 is 38.7. The molecule has 3 nitrogen and oxygen atoms in total. The zero-order valence-electron chi connectivity index (χ0n) is 11.2. The highest BCUT2D eigenvalue weighted by molar-refractivity contribution is 5.99. The quantitative estimate of drug-likeness (QED) is 0.864. The number of carboxylic acids is 1. The molecule has 0 saturated heterocycles. The van der Waals surface area contributed by atoms with E-state index in [9.17, 15) is 22.8 Å². The first kappa shape index (κ1) is 15.5. The fourth-order valence-corrected chi connectivity index (χ4v) is 2.77. The number of carbonyl (C=O) groups is 2. The third kappa shape index (κ3) is 3.43. The van der Waals surface area contributed by atoms with Crippen LogP contribution in [0.5, 0.6) is 0 Å². The lowest BCUT2D eigenvalue weighted by Crippen LogP contribution is -2.27. The van der Waals surface area contributed by atoms with E-state index in [2.05, 4.69) is 0 Å². The second-order valence-corrected chi connectivity index (χ2v) is 5.29. The monoisotopic (exact) mass is 300 g/mol. The molecule has 114 valence electrons. The predicted molar refractivity (Wildman–Crippen MR) is 68.9 cm³/mol. The molecule has 0 bridgehead atoms. The minimum atomic E-state index is -4.56. The van der Waals surface area contributed by atoms with Crippen LogP contribution in [0.15, 0.2) is 24.3 Å². The molecular formula is C15H15F3O3. The van der Waals surface area contributed by atoms with Gasteiger partial charge in [0.15, 0.2) is 5.78 Å². The number of aliphatic carboxylic acids is 1. The smallest absolute Gasteiger partial charge is 0.417 e. The van der Waals surface area contributed by atoms with Gasteiger partial charge < -0.3 is 5.11 Å². The molecule has 21 heavy (non-hydrogen) atoms. The lowest BCUT2D eigenvalue weighted by atomic mass is 9.78. The van der Waals surface area contributed by atoms with Crippen LogP contribution in [0.1, 0.15) is 41.6 Å². The molecule has 1 aromatic carbocycles. The summed E-state index contributed by atoms with van der Waals surface area (Å²) in [5, 5.41) is 8.90. The Morgan fingerprint density at radius 2 is 1.52 bits per heavy atom. The summed E-state index contributed by atoms with van der Waals surface area (Å²) in [6.45, 7) is 0. The van der Waals surface area contributed by atoms with E-state index in [1.807, 2.05) is 0 Å². The van der Waals surface area contributed by atoms with Crippen molar-refractivity contribution >= 4 is 11.8 Å². The van der Waals surface area contributed by atoms with Crippen LogP contribution in [0.2, 0.25) is 0 Å². The zero-order valence-corrected chi connectivity index (χ0v) is 11.2. The topological polar surface area (TPSA) is 54.4 Å². The van der Waals surface area contributed by atoms with E-state index in [0.29, 0.717) is 25.7 Å². The molecule has 0 amide bonds. The van der Waals surface area contributed by atoms with Crippen LogP contribution >= 0.6 is 0 Å². The molecule has 0 heterocycles. The van der Waals surface area contributed by atoms with Gasteiger partial charge in [0.1, 0.15) is 0 Å². The fourth-order valence-electron chi connectivity index (χ4n) is 2.77. The summed E-state index contributed by atoms with van der Waals surface area (Å²) in [6.07, 6.45) is -3.26. The lowest BCUT2D eigenvalue weighted by Gasteiger charge is -2.25. The molecular weight excluding hydrogens is 285 g/mol. The minimum Gasteiger partial charge on any atom is -0.481 e. The van der Waals surface area contributed by atoms with Crippen molar-refractivity contribution in [1.29, 1.82) is 0 Å². The average molecular weight is 300 g/mol. The Bertz CT molecular complexity index is 543. The Balaban J connectivity index is 2.17. The highest BCUT2D eigenvalue weighted by Gasteiger charge is 2.37.